The minimum absolute atomic E-state index is 0.00508. The number of nitrogens with one attached hydrogen (secondary N) is 1. The molecule has 1 aliphatic rings. The molecule has 0 bridgehead atoms. The molecule has 44 heavy (non-hydrogen) atoms. The number of aliphatic hydroxyl groups is 1. The van der Waals surface area contributed by atoms with Crippen LogP contribution in [0.1, 0.15) is 41.0 Å². The monoisotopic (exact) mass is 643 g/mol. The van der Waals surface area contributed by atoms with Crippen molar-refractivity contribution in [2.75, 3.05) is 30.4 Å². The van der Waals surface area contributed by atoms with Crippen molar-refractivity contribution in [2.45, 2.75) is 49.2 Å². The Kier molecular flexibility index (Phi) is 10.4. The van der Waals surface area contributed by atoms with Crippen LogP contribution in [0.3, 0.4) is 0 Å². The zero-order chi connectivity index (χ0) is 32.1. The van der Waals surface area contributed by atoms with Crippen LogP contribution < -0.4 is 15.0 Å². The van der Waals surface area contributed by atoms with E-state index in [0.29, 0.717) is 11.3 Å². The number of hydrogen-bond acceptors (Lipinski definition) is 8. The number of ether oxygens (including phenoxy) is 2. The highest BCUT2D eigenvalue weighted by molar-refractivity contribution is 7.91. The van der Waals surface area contributed by atoms with E-state index in [9.17, 15) is 40.3 Å². The van der Waals surface area contributed by atoms with Gasteiger partial charge in [0.25, 0.3) is 5.91 Å². The highest BCUT2D eigenvalue weighted by Crippen LogP contribution is 2.32. The number of halogens is 5. The van der Waals surface area contributed by atoms with Crippen molar-refractivity contribution in [3.63, 3.8) is 0 Å². The normalized spacial score (nSPS) is 18.0. The Balaban J connectivity index is 1.44. The lowest BCUT2D eigenvalue weighted by molar-refractivity contribution is -0.137. The van der Waals surface area contributed by atoms with Crippen LogP contribution in [0, 0.1) is 0 Å². The fraction of sp³-hybridized carbons (Fsp3) is 0.379. The van der Waals surface area contributed by atoms with Crippen molar-refractivity contribution >= 4 is 21.4 Å². The molecule has 2 heterocycles. The van der Waals surface area contributed by atoms with Crippen LogP contribution in [0.25, 0.3) is 0 Å². The number of carbonyl (C=O) groups excluding carboxylic acids is 1. The summed E-state index contributed by atoms with van der Waals surface area (Å²) < 4.78 is 98.7. The standard InChI is InChI=1S/C29H30F5N3O6S/c1-2-44(40,41)24-10-3-18(4-11-24)26(16-38)36-27(39)25-12-7-20(14-35-25)37-15-23(13-21(37)17-42-28(30)31)43-22-8-5-19(6-9-22)29(32,33)34/h3-12,14,21,23,26,28,38H,2,13,15-17H2,1H3,(H,36,39)/t21-,23?,26-/m0/s1. The van der Waals surface area contributed by atoms with Crippen LogP contribution in [0.4, 0.5) is 27.6 Å². The molecule has 1 saturated heterocycles. The Bertz CT molecular complexity index is 1500. The second kappa shape index (κ2) is 13.9. The Morgan fingerprint density at radius 3 is 2.32 bits per heavy atom. The molecule has 1 fully saturated rings. The molecule has 1 unspecified atom stereocenters. The van der Waals surface area contributed by atoms with Crippen molar-refractivity contribution in [3.05, 3.63) is 83.7 Å². The van der Waals surface area contributed by atoms with Gasteiger partial charge in [0.15, 0.2) is 9.84 Å². The number of carbonyl (C=O) groups is 1. The molecule has 1 aliphatic heterocycles. The molecule has 1 amide bonds. The molecule has 3 atom stereocenters. The van der Waals surface area contributed by atoms with Crippen LogP contribution in [0.5, 0.6) is 5.75 Å². The SMILES string of the molecule is CCS(=O)(=O)c1ccc([C@H](CO)NC(=O)c2ccc(N3CC(Oc4ccc(C(F)(F)F)cc4)C[C@H]3COC(F)F)cn2)cc1. The topological polar surface area (TPSA) is 118 Å². The summed E-state index contributed by atoms with van der Waals surface area (Å²) in [5, 5.41) is 12.5. The average molecular weight is 644 g/mol. The molecule has 4 rings (SSSR count). The van der Waals surface area contributed by atoms with E-state index >= 15 is 0 Å². The third kappa shape index (κ3) is 8.21. The molecule has 2 aromatic carbocycles. The van der Waals surface area contributed by atoms with Gasteiger partial charge in [-0.1, -0.05) is 19.1 Å². The number of sulfone groups is 1. The van der Waals surface area contributed by atoms with Gasteiger partial charge in [-0.25, -0.2) is 13.4 Å². The second-order valence-corrected chi connectivity index (χ2v) is 12.3. The van der Waals surface area contributed by atoms with Crippen molar-refractivity contribution in [1.29, 1.82) is 0 Å². The first-order valence-corrected chi connectivity index (χ1v) is 15.2. The van der Waals surface area contributed by atoms with Gasteiger partial charge in [-0.2, -0.15) is 22.0 Å². The molecule has 3 aromatic rings. The molecule has 9 nitrogen and oxygen atoms in total. The maximum Gasteiger partial charge on any atom is 0.416 e. The lowest BCUT2D eigenvalue weighted by atomic mass is 10.1. The number of aromatic nitrogens is 1. The summed E-state index contributed by atoms with van der Waals surface area (Å²) in [6, 6.07) is 11.5. The Hall–Kier alpha value is -3.82. The molecule has 0 saturated carbocycles. The molecule has 0 radical (unpaired) electrons. The number of benzene rings is 2. The Morgan fingerprint density at radius 1 is 1.09 bits per heavy atom. The highest BCUT2D eigenvalue weighted by Gasteiger charge is 2.35. The zero-order valence-electron chi connectivity index (χ0n) is 23.4. The lowest BCUT2D eigenvalue weighted by Gasteiger charge is -2.26. The summed E-state index contributed by atoms with van der Waals surface area (Å²) in [6.45, 7) is -2.13. The predicted octanol–water partition coefficient (Wildman–Crippen LogP) is 4.62. The van der Waals surface area contributed by atoms with Gasteiger partial charge in [-0.15, -0.1) is 0 Å². The molecule has 1 aromatic heterocycles. The minimum atomic E-state index is -4.50. The number of rotatable bonds is 12. The summed E-state index contributed by atoms with van der Waals surface area (Å²) in [4.78, 5) is 18.9. The fourth-order valence-corrected chi connectivity index (χ4v) is 5.65. The van der Waals surface area contributed by atoms with Crippen LogP contribution in [-0.2, 0) is 20.8 Å². The molecule has 0 spiro atoms. The molecular weight excluding hydrogens is 613 g/mol. The van der Waals surface area contributed by atoms with E-state index in [0.717, 1.165) is 12.1 Å². The maximum absolute atomic E-state index is 12.9. The molecule has 15 heteroatoms. The van der Waals surface area contributed by atoms with E-state index in [1.807, 2.05) is 0 Å². The third-order valence-electron chi connectivity index (χ3n) is 7.10. The van der Waals surface area contributed by atoms with E-state index in [1.54, 1.807) is 11.0 Å². The van der Waals surface area contributed by atoms with Crippen molar-refractivity contribution in [2.24, 2.45) is 0 Å². The second-order valence-electron chi connectivity index (χ2n) is 9.98. The van der Waals surface area contributed by atoms with Gasteiger partial charge in [-0.3, -0.25) is 4.79 Å². The quantitative estimate of drug-likeness (QED) is 0.275. The number of hydrogen-bond donors (Lipinski definition) is 2. The summed E-state index contributed by atoms with van der Waals surface area (Å²) in [7, 11) is -3.42. The number of anilines is 1. The molecular formula is C29H30F5N3O6S. The van der Waals surface area contributed by atoms with Crippen LogP contribution in [0.2, 0.25) is 0 Å². The van der Waals surface area contributed by atoms with Gasteiger partial charge < -0.3 is 24.8 Å². The highest BCUT2D eigenvalue weighted by atomic mass is 32.2. The van der Waals surface area contributed by atoms with Crippen LogP contribution in [0.15, 0.2) is 71.8 Å². The van der Waals surface area contributed by atoms with E-state index in [-0.39, 0.29) is 41.7 Å². The van der Waals surface area contributed by atoms with Gasteiger partial charge in [-0.05, 0) is 54.1 Å². The number of nitrogens with zero attached hydrogens (tertiary/aromatic N) is 2. The first kappa shape index (κ1) is 33.1. The van der Waals surface area contributed by atoms with E-state index in [4.69, 9.17) is 4.74 Å². The smallest absolute Gasteiger partial charge is 0.416 e. The summed E-state index contributed by atoms with van der Waals surface area (Å²) in [5.74, 6) is -0.509. The van der Waals surface area contributed by atoms with Gasteiger partial charge >= 0.3 is 12.8 Å². The summed E-state index contributed by atoms with van der Waals surface area (Å²) in [6.07, 6.45) is -3.47. The largest absolute Gasteiger partial charge is 0.489 e. The average Bonchev–Trinajstić information content (AvgIpc) is 3.41. The molecule has 238 valence electrons. The molecule has 2 N–H and O–H groups in total. The van der Waals surface area contributed by atoms with E-state index in [1.165, 1.54) is 55.6 Å². The number of pyridine rings is 1. The first-order valence-electron chi connectivity index (χ1n) is 13.5. The summed E-state index contributed by atoms with van der Waals surface area (Å²) >= 11 is 0. The zero-order valence-corrected chi connectivity index (χ0v) is 24.2. The van der Waals surface area contributed by atoms with Gasteiger partial charge in [0, 0.05) is 6.42 Å². The Labute approximate surface area is 250 Å². The fourth-order valence-electron chi connectivity index (χ4n) is 4.76. The number of amides is 1. The van der Waals surface area contributed by atoms with Gasteiger partial charge in [0.2, 0.25) is 0 Å². The summed E-state index contributed by atoms with van der Waals surface area (Å²) in [5.41, 5.74) is 0.108. The van der Waals surface area contributed by atoms with Crippen LogP contribution in [-0.4, -0.2) is 68.7 Å². The Morgan fingerprint density at radius 2 is 1.77 bits per heavy atom. The first-order chi connectivity index (χ1) is 20.8. The molecule has 0 aliphatic carbocycles. The third-order valence-corrected chi connectivity index (χ3v) is 8.85. The van der Waals surface area contributed by atoms with Gasteiger partial charge in [0.05, 0.1) is 59.9 Å². The van der Waals surface area contributed by atoms with Crippen molar-refractivity contribution in [3.8, 4) is 5.75 Å². The maximum atomic E-state index is 12.9. The lowest BCUT2D eigenvalue weighted by Crippen LogP contribution is -2.34. The van der Waals surface area contributed by atoms with E-state index < -0.39 is 58.9 Å². The van der Waals surface area contributed by atoms with Crippen molar-refractivity contribution in [1.82, 2.24) is 10.3 Å². The van der Waals surface area contributed by atoms with Gasteiger partial charge in [0.1, 0.15) is 17.5 Å². The minimum Gasteiger partial charge on any atom is -0.489 e. The van der Waals surface area contributed by atoms with E-state index in [2.05, 4.69) is 15.0 Å². The number of aliphatic hydroxyl groups excluding tert-OH is 1. The predicted molar refractivity (Wildman–Crippen MR) is 149 cm³/mol. The van der Waals surface area contributed by atoms with Crippen molar-refractivity contribution < 1.29 is 49.7 Å². The number of alkyl halides is 5. The van der Waals surface area contributed by atoms with Crippen LogP contribution >= 0.6 is 0 Å².